The molecule has 0 fully saturated rings. The summed E-state index contributed by atoms with van der Waals surface area (Å²) in [7, 11) is 0.327. The van der Waals surface area contributed by atoms with Gasteiger partial charge in [0.05, 0.1) is 0 Å². The first-order valence-corrected chi connectivity index (χ1v) is 8.58. The summed E-state index contributed by atoms with van der Waals surface area (Å²) < 4.78 is 0. The van der Waals surface area contributed by atoms with Crippen LogP contribution in [0.5, 0.6) is 0 Å². The second-order valence-corrected chi connectivity index (χ2v) is 6.35. The Bertz CT molecular complexity index is 944. The summed E-state index contributed by atoms with van der Waals surface area (Å²) in [5.41, 5.74) is 0. The standard InChI is InChI=1S/C18H12ClP/c19-20-16-7-8-17-15(10-16)6-5-14-9-12-3-1-2-4-13(12)11-18(14)17/h1-11,20H. The number of hydrogen-bond donors (Lipinski definition) is 0. The van der Waals surface area contributed by atoms with E-state index >= 15 is 0 Å². The number of hydrogen-bond acceptors (Lipinski definition) is 0. The molecule has 0 N–H and O–H groups in total. The fraction of sp³-hybridized carbons (Fsp3) is 0. The summed E-state index contributed by atoms with van der Waals surface area (Å²) in [4.78, 5) is 0. The minimum atomic E-state index is 0.327. The quantitative estimate of drug-likeness (QED) is 0.243. The molecule has 0 amide bonds. The summed E-state index contributed by atoms with van der Waals surface area (Å²) in [5, 5.41) is 8.93. The Morgan fingerprint density at radius 1 is 0.600 bits per heavy atom. The van der Waals surface area contributed by atoms with E-state index < -0.39 is 0 Å². The highest BCUT2D eigenvalue weighted by molar-refractivity contribution is 7.74. The van der Waals surface area contributed by atoms with Crippen LogP contribution in [0.25, 0.3) is 32.3 Å². The van der Waals surface area contributed by atoms with E-state index in [1.54, 1.807) is 0 Å². The van der Waals surface area contributed by atoms with E-state index in [1.165, 1.54) is 37.6 Å². The molecule has 0 bridgehead atoms. The topological polar surface area (TPSA) is 0 Å². The molecule has 0 radical (unpaired) electrons. The first-order valence-electron chi connectivity index (χ1n) is 6.57. The Balaban J connectivity index is 2.14. The lowest BCUT2D eigenvalue weighted by molar-refractivity contribution is 1.79. The molecule has 0 aliphatic heterocycles. The average molecular weight is 295 g/mol. The highest BCUT2D eigenvalue weighted by Gasteiger charge is 2.03. The number of halogens is 1. The predicted octanol–water partition coefficient (Wildman–Crippen LogP) is 5.60. The van der Waals surface area contributed by atoms with Gasteiger partial charge < -0.3 is 0 Å². The van der Waals surface area contributed by atoms with Gasteiger partial charge in [0.15, 0.2) is 0 Å². The van der Waals surface area contributed by atoms with Gasteiger partial charge in [0, 0.05) is 7.93 Å². The van der Waals surface area contributed by atoms with Crippen LogP contribution in [0.2, 0.25) is 0 Å². The smallest absolute Gasteiger partial charge is 0.00662 e. The molecule has 0 spiro atoms. The molecule has 96 valence electrons. The molecular weight excluding hydrogens is 283 g/mol. The van der Waals surface area contributed by atoms with Crippen LogP contribution in [0.4, 0.5) is 0 Å². The van der Waals surface area contributed by atoms with Crippen LogP contribution in [0, 0.1) is 0 Å². The van der Waals surface area contributed by atoms with Crippen molar-refractivity contribution >= 4 is 56.8 Å². The summed E-state index contributed by atoms with van der Waals surface area (Å²) in [6.45, 7) is 0. The summed E-state index contributed by atoms with van der Waals surface area (Å²) >= 11 is 5.95. The van der Waals surface area contributed by atoms with Gasteiger partial charge in [-0.2, -0.15) is 0 Å². The van der Waals surface area contributed by atoms with E-state index in [0.717, 1.165) is 0 Å². The summed E-state index contributed by atoms with van der Waals surface area (Å²) in [6.07, 6.45) is 0. The molecule has 4 aromatic carbocycles. The minimum Gasteiger partial charge on any atom is -0.0948 e. The third kappa shape index (κ3) is 1.88. The molecule has 20 heavy (non-hydrogen) atoms. The molecule has 0 aromatic heterocycles. The molecule has 2 heteroatoms. The van der Waals surface area contributed by atoms with Crippen molar-refractivity contribution < 1.29 is 0 Å². The van der Waals surface area contributed by atoms with Crippen molar-refractivity contribution in [3.8, 4) is 0 Å². The van der Waals surface area contributed by atoms with Crippen LogP contribution in [0.3, 0.4) is 0 Å². The molecule has 0 saturated carbocycles. The second-order valence-electron chi connectivity index (χ2n) is 5.02. The van der Waals surface area contributed by atoms with Crippen LogP contribution < -0.4 is 5.30 Å². The highest BCUT2D eigenvalue weighted by Crippen LogP contribution is 2.30. The van der Waals surface area contributed by atoms with Crippen molar-refractivity contribution in [1.29, 1.82) is 0 Å². The normalized spacial score (nSPS) is 12.1. The Labute approximate surface area is 123 Å². The van der Waals surface area contributed by atoms with Gasteiger partial charge in [-0.1, -0.05) is 59.8 Å². The fourth-order valence-electron chi connectivity index (χ4n) is 2.81. The van der Waals surface area contributed by atoms with Gasteiger partial charge >= 0.3 is 0 Å². The van der Waals surface area contributed by atoms with E-state index in [4.69, 9.17) is 11.2 Å². The molecular formula is C18H12ClP. The van der Waals surface area contributed by atoms with Crippen molar-refractivity contribution in [3.05, 3.63) is 66.7 Å². The van der Waals surface area contributed by atoms with Crippen LogP contribution in [0.1, 0.15) is 0 Å². The van der Waals surface area contributed by atoms with Crippen LogP contribution in [-0.2, 0) is 0 Å². The van der Waals surface area contributed by atoms with E-state index in [9.17, 15) is 0 Å². The Morgan fingerprint density at radius 3 is 2.05 bits per heavy atom. The molecule has 0 heterocycles. The Hall–Kier alpha value is -1.62. The van der Waals surface area contributed by atoms with E-state index in [0.29, 0.717) is 7.93 Å². The van der Waals surface area contributed by atoms with Crippen molar-refractivity contribution in [2.24, 2.45) is 0 Å². The second kappa shape index (κ2) is 4.74. The van der Waals surface area contributed by atoms with Gasteiger partial charge in [0.2, 0.25) is 0 Å². The lowest BCUT2D eigenvalue weighted by atomic mass is 9.98. The van der Waals surface area contributed by atoms with Crippen LogP contribution >= 0.6 is 19.2 Å². The third-order valence-corrected chi connectivity index (χ3v) is 5.00. The SMILES string of the molecule is ClPc1ccc2c(ccc3cc4ccccc4cc32)c1. The molecule has 0 saturated heterocycles. The number of fused-ring (bicyclic) bond motifs is 4. The zero-order chi connectivity index (χ0) is 13.5. The zero-order valence-corrected chi connectivity index (χ0v) is 12.5. The third-order valence-electron chi connectivity index (χ3n) is 3.81. The molecule has 4 rings (SSSR count). The number of benzene rings is 4. The number of rotatable bonds is 1. The van der Waals surface area contributed by atoms with Crippen molar-refractivity contribution in [2.45, 2.75) is 0 Å². The molecule has 0 aliphatic rings. The molecule has 0 nitrogen and oxygen atoms in total. The van der Waals surface area contributed by atoms with Crippen molar-refractivity contribution in [2.75, 3.05) is 0 Å². The van der Waals surface area contributed by atoms with Crippen molar-refractivity contribution in [1.82, 2.24) is 0 Å². The van der Waals surface area contributed by atoms with Gasteiger partial charge in [0.25, 0.3) is 0 Å². The van der Waals surface area contributed by atoms with E-state index in [2.05, 4.69) is 66.7 Å². The lowest BCUT2D eigenvalue weighted by Gasteiger charge is -2.07. The maximum absolute atomic E-state index is 5.95. The predicted molar refractivity (Wildman–Crippen MR) is 92.8 cm³/mol. The first-order chi connectivity index (χ1) is 9.85. The first kappa shape index (κ1) is 12.1. The Morgan fingerprint density at radius 2 is 1.30 bits per heavy atom. The van der Waals surface area contributed by atoms with E-state index in [-0.39, 0.29) is 0 Å². The largest absolute Gasteiger partial charge is 0.0948 e. The Kier molecular flexibility index (Phi) is 2.88. The fourth-order valence-corrected chi connectivity index (χ4v) is 3.52. The van der Waals surface area contributed by atoms with Crippen LogP contribution in [-0.4, -0.2) is 0 Å². The van der Waals surface area contributed by atoms with Gasteiger partial charge in [-0.3, -0.25) is 0 Å². The monoisotopic (exact) mass is 294 g/mol. The van der Waals surface area contributed by atoms with Gasteiger partial charge in [0.1, 0.15) is 0 Å². The van der Waals surface area contributed by atoms with Gasteiger partial charge in [-0.25, -0.2) is 0 Å². The lowest BCUT2D eigenvalue weighted by Crippen LogP contribution is -1.90. The molecule has 4 aromatic rings. The summed E-state index contributed by atoms with van der Waals surface area (Å²) in [5.74, 6) is 0. The average Bonchev–Trinajstić information content (AvgIpc) is 2.52. The van der Waals surface area contributed by atoms with Gasteiger partial charge in [-0.05, 0) is 55.8 Å². The molecule has 0 aliphatic carbocycles. The van der Waals surface area contributed by atoms with Crippen molar-refractivity contribution in [3.63, 3.8) is 0 Å². The maximum atomic E-state index is 5.95. The van der Waals surface area contributed by atoms with E-state index in [1.807, 2.05) is 0 Å². The molecule has 1 unspecified atom stereocenters. The van der Waals surface area contributed by atoms with Crippen LogP contribution in [0.15, 0.2) is 66.7 Å². The van der Waals surface area contributed by atoms with Gasteiger partial charge in [-0.15, -0.1) is 0 Å². The summed E-state index contributed by atoms with van der Waals surface area (Å²) in [6, 6.07) is 24.0. The maximum Gasteiger partial charge on any atom is 0.00662 e. The highest BCUT2D eigenvalue weighted by atomic mass is 35.7. The minimum absolute atomic E-state index is 0.327. The molecule has 1 atom stereocenters. The zero-order valence-electron chi connectivity index (χ0n) is 10.7.